The molecule has 4 aromatic heterocycles. The lowest BCUT2D eigenvalue weighted by atomic mass is 9.85. The van der Waals surface area contributed by atoms with E-state index < -0.39 is 11.4 Å². The molecule has 1 aromatic carbocycles. The van der Waals surface area contributed by atoms with Crippen LogP contribution in [0.2, 0.25) is 0 Å². The predicted octanol–water partition coefficient (Wildman–Crippen LogP) is 4.04. The van der Waals surface area contributed by atoms with Crippen molar-refractivity contribution in [1.29, 1.82) is 0 Å². The van der Waals surface area contributed by atoms with Gasteiger partial charge in [0.05, 0.1) is 27.7 Å². The maximum Gasteiger partial charge on any atom is 0.341 e. The second-order valence-electron chi connectivity index (χ2n) is 11.7. The van der Waals surface area contributed by atoms with Crippen molar-refractivity contribution in [3.63, 3.8) is 0 Å². The first kappa shape index (κ1) is 25.5. The number of nitrogens with zero attached hydrogens (tertiary/aromatic N) is 5. The van der Waals surface area contributed by atoms with Crippen LogP contribution >= 0.6 is 0 Å². The van der Waals surface area contributed by atoms with Gasteiger partial charge in [0.2, 0.25) is 5.43 Å². The molecule has 0 radical (unpaired) electrons. The highest BCUT2D eigenvalue weighted by Crippen LogP contribution is 2.49. The van der Waals surface area contributed by atoms with Crippen molar-refractivity contribution in [2.75, 3.05) is 43.9 Å². The first-order valence-corrected chi connectivity index (χ1v) is 13.6. The summed E-state index contributed by atoms with van der Waals surface area (Å²) in [5, 5.41) is 14.4. The van der Waals surface area contributed by atoms with E-state index in [-0.39, 0.29) is 28.2 Å². The molecule has 6 heterocycles. The molecule has 2 aliphatic heterocycles. The number of aromatic nitrogens is 4. The Morgan fingerprint density at radius 3 is 2.76 bits per heavy atom. The van der Waals surface area contributed by atoms with Gasteiger partial charge in [-0.25, -0.2) is 19.2 Å². The van der Waals surface area contributed by atoms with Gasteiger partial charge in [0.15, 0.2) is 0 Å². The summed E-state index contributed by atoms with van der Waals surface area (Å²) in [6, 6.07) is 4.92. The van der Waals surface area contributed by atoms with Crippen LogP contribution in [0.25, 0.3) is 44.1 Å². The van der Waals surface area contributed by atoms with Crippen LogP contribution < -0.4 is 15.6 Å². The zero-order valence-corrected chi connectivity index (χ0v) is 23.2. The fourth-order valence-corrected chi connectivity index (χ4v) is 7.10. The molecule has 2 aliphatic rings. The molecule has 0 aliphatic carbocycles. The number of carboxylic acids is 1. The number of aromatic amines is 1. The van der Waals surface area contributed by atoms with E-state index in [4.69, 9.17) is 4.98 Å². The topological polar surface area (TPSA) is 119 Å². The smallest absolute Gasteiger partial charge is 0.341 e. The molecule has 5 aromatic rings. The number of rotatable bonds is 4. The van der Waals surface area contributed by atoms with Gasteiger partial charge in [0.25, 0.3) is 0 Å². The fraction of sp³-hybridized carbons (Fsp3) is 0.333. The summed E-state index contributed by atoms with van der Waals surface area (Å²) < 4.78 is 16.5. The molecular weight excluding hydrogens is 525 g/mol. The van der Waals surface area contributed by atoms with E-state index in [1.54, 1.807) is 37.1 Å². The van der Waals surface area contributed by atoms with E-state index in [9.17, 15) is 19.1 Å². The molecule has 0 bridgehead atoms. The molecule has 3 N–H and O–H groups in total. The van der Waals surface area contributed by atoms with Crippen LogP contribution in [0.1, 0.15) is 23.7 Å². The maximum atomic E-state index is 14.9. The van der Waals surface area contributed by atoms with Crippen molar-refractivity contribution >= 4 is 50.3 Å². The van der Waals surface area contributed by atoms with Crippen molar-refractivity contribution in [2.24, 2.45) is 12.5 Å². The Morgan fingerprint density at radius 2 is 2.00 bits per heavy atom. The molecule has 2 unspecified atom stereocenters. The lowest BCUT2D eigenvalue weighted by Gasteiger charge is -2.32. The molecule has 2 saturated heterocycles. The molecule has 2 fully saturated rings. The van der Waals surface area contributed by atoms with Crippen LogP contribution in [-0.4, -0.2) is 75.3 Å². The lowest BCUT2D eigenvalue weighted by Crippen LogP contribution is -2.38. The number of carboxylic acid groups (broad SMARTS) is 1. The van der Waals surface area contributed by atoms with E-state index >= 15 is 0 Å². The molecule has 0 saturated carbocycles. The van der Waals surface area contributed by atoms with E-state index in [0.717, 1.165) is 48.2 Å². The number of benzene rings is 1. The van der Waals surface area contributed by atoms with E-state index in [1.807, 2.05) is 0 Å². The van der Waals surface area contributed by atoms with Gasteiger partial charge in [0.1, 0.15) is 22.7 Å². The zero-order valence-electron chi connectivity index (χ0n) is 23.2. The molecule has 2 atom stereocenters. The van der Waals surface area contributed by atoms with Crippen LogP contribution in [0.15, 0.2) is 41.6 Å². The molecule has 11 heteroatoms. The average molecular weight is 556 g/mol. The minimum Gasteiger partial charge on any atom is -0.477 e. The summed E-state index contributed by atoms with van der Waals surface area (Å²) in [6.07, 6.45) is 5.76. The van der Waals surface area contributed by atoms with Gasteiger partial charge < -0.3 is 29.8 Å². The number of likely N-dealkylation sites (N-methyl/N-ethyl adjacent to an activating group) is 1. The molecule has 210 valence electrons. The number of nitrogens with one attached hydrogen (secondary N) is 2. The largest absolute Gasteiger partial charge is 0.477 e. The highest BCUT2D eigenvalue weighted by molar-refractivity contribution is 6.18. The second kappa shape index (κ2) is 8.74. The first-order valence-electron chi connectivity index (χ1n) is 13.6. The Balaban J connectivity index is 1.56. The number of hydrogen-bond acceptors (Lipinski definition) is 7. The summed E-state index contributed by atoms with van der Waals surface area (Å²) in [6.45, 7) is 5.00. The summed E-state index contributed by atoms with van der Waals surface area (Å²) >= 11 is 0. The average Bonchev–Trinajstić information content (AvgIpc) is 3.56. The normalized spacial score (nSPS) is 20.9. The fourth-order valence-electron chi connectivity index (χ4n) is 7.10. The van der Waals surface area contributed by atoms with Crippen LogP contribution in [-0.2, 0) is 7.05 Å². The van der Waals surface area contributed by atoms with Gasteiger partial charge >= 0.3 is 5.97 Å². The van der Waals surface area contributed by atoms with Crippen LogP contribution in [0.4, 0.5) is 15.8 Å². The van der Waals surface area contributed by atoms with E-state index in [0.29, 0.717) is 27.9 Å². The van der Waals surface area contributed by atoms with Gasteiger partial charge in [-0.05, 0) is 31.7 Å². The summed E-state index contributed by atoms with van der Waals surface area (Å²) in [5.74, 6) is -1.65. The quantitative estimate of drug-likeness (QED) is 0.304. The van der Waals surface area contributed by atoms with Gasteiger partial charge in [-0.15, -0.1) is 0 Å². The number of aromatic carboxylic acids is 1. The van der Waals surface area contributed by atoms with Crippen molar-refractivity contribution < 1.29 is 14.3 Å². The third-order valence-corrected chi connectivity index (χ3v) is 9.00. The zero-order chi connectivity index (χ0) is 28.8. The summed E-state index contributed by atoms with van der Waals surface area (Å²) in [7, 11) is 5.56. The molecule has 10 nitrogen and oxygen atoms in total. The molecule has 7 rings (SSSR count). The van der Waals surface area contributed by atoms with Gasteiger partial charge in [-0.3, -0.25) is 4.79 Å². The minimum absolute atomic E-state index is 0.0864. The molecule has 0 amide bonds. The van der Waals surface area contributed by atoms with Gasteiger partial charge in [0, 0.05) is 80.3 Å². The van der Waals surface area contributed by atoms with Crippen LogP contribution in [0.5, 0.6) is 0 Å². The van der Waals surface area contributed by atoms with Crippen LogP contribution in [0, 0.1) is 11.2 Å². The number of fused-ring (bicyclic) bond motifs is 5. The number of carbonyl (C=O) groups is 1. The minimum atomic E-state index is -1.29. The van der Waals surface area contributed by atoms with Crippen molar-refractivity contribution in [3.05, 3.63) is 58.4 Å². The van der Waals surface area contributed by atoms with Gasteiger partial charge in [-0.2, -0.15) is 0 Å². The Morgan fingerprint density at radius 1 is 1.20 bits per heavy atom. The number of hydrogen-bond donors (Lipinski definition) is 3. The third kappa shape index (κ3) is 3.65. The standard InChI is InChI=1S/C30H30FN7O3/c1-30-5-6-38(22(30)13-36(3)14-30)25-19(11-33-27-23(25)17-8-16(31)9-21(32-2)24(17)35-27)15-7-18-26(39)20(29(40)41)12-37(4)28(18)34-10-15/h7-12,22,32H,5-6,13-14H2,1-4H3,(H,33,35)(H,40,41). The Kier molecular flexibility index (Phi) is 5.43. The van der Waals surface area contributed by atoms with Crippen LogP contribution in [0.3, 0.4) is 0 Å². The Bertz CT molecular complexity index is 1980. The first-order chi connectivity index (χ1) is 19.6. The molecule has 41 heavy (non-hydrogen) atoms. The number of pyridine rings is 3. The number of anilines is 2. The number of halogens is 1. The van der Waals surface area contributed by atoms with Gasteiger partial charge in [-0.1, -0.05) is 6.92 Å². The SMILES string of the molecule is CNc1cc(F)cc2c1[nH]c1ncc(-c3cnc4c(c3)c(=O)c(C(=O)O)cn4C)c(N3CCC4(C)CN(C)CC34)c12. The Labute approximate surface area is 234 Å². The second-order valence-corrected chi connectivity index (χ2v) is 11.7. The van der Waals surface area contributed by atoms with Crippen molar-refractivity contribution in [3.8, 4) is 11.1 Å². The van der Waals surface area contributed by atoms with Crippen molar-refractivity contribution in [2.45, 2.75) is 19.4 Å². The monoisotopic (exact) mass is 555 g/mol. The maximum absolute atomic E-state index is 14.9. The summed E-state index contributed by atoms with van der Waals surface area (Å²) in [4.78, 5) is 42.5. The lowest BCUT2D eigenvalue weighted by molar-refractivity contribution is 0.0695. The highest BCUT2D eigenvalue weighted by atomic mass is 19.1. The molecule has 0 spiro atoms. The number of aryl methyl sites for hydroxylation is 1. The van der Waals surface area contributed by atoms with E-state index in [1.165, 1.54) is 18.3 Å². The number of likely N-dealkylation sites (tertiary alicyclic amines) is 1. The predicted molar refractivity (Wildman–Crippen MR) is 157 cm³/mol. The Hall–Kier alpha value is -4.51. The van der Waals surface area contributed by atoms with E-state index in [2.05, 4.69) is 39.1 Å². The number of H-pyrrole nitrogens is 1. The summed E-state index contributed by atoms with van der Waals surface area (Å²) in [5.41, 5.74) is 3.90. The van der Waals surface area contributed by atoms with Crippen molar-refractivity contribution in [1.82, 2.24) is 24.4 Å². The molecular formula is C30H30FN7O3. The highest BCUT2D eigenvalue weighted by Gasteiger charge is 2.50. The third-order valence-electron chi connectivity index (χ3n) is 9.00.